The van der Waals surface area contributed by atoms with Gasteiger partial charge in [-0.1, -0.05) is 46.3 Å². The lowest BCUT2D eigenvalue weighted by Crippen LogP contribution is -2.31. The van der Waals surface area contributed by atoms with Crippen molar-refractivity contribution in [3.05, 3.63) is 64.1 Å². The molecule has 1 aliphatic rings. The Morgan fingerprint density at radius 3 is 2.71 bits per heavy atom. The third-order valence-corrected chi connectivity index (χ3v) is 5.46. The van der Waals surface area contributed by atoms with Crippen LogP contribution >= 0.6 is 27.7 Å². The van der Waals surface area contributed by atoms with Gasteiger partial charge in [0.15, 0.2) is 0 Å². The Kier molecular flexibility index (Phi) is 4.36. The number of halogens is 1. The van der Waals surface area contributed by atoms with Crippen LogP contribution in [0.15, 0.2) is 57.9 Å². The molecule has 4 heteroatoms. The van der Waals surface area contributed by atoms with Gasteiger partial charge in [0.2, 0.25) is 5.91 Å². The van der Waals surface area contributed by atoms with Gasteiger partial charge in [-0.05, 0) is 36.2 Å². The third-order valence-electron chi connectivity index (χ3n) is 3.75. The predicted octanol–water partition coefficient (Wildman–Crippen LogP) is 4.52. The van der Waals surface area contributed by atoms with Gasteiger partial charge in [0.25, 0.3) is 0 Å². The first-order chi connectivity index (χ1) is 10.1. The molecule has 0 spiro atoms. The van der Waals surface area contributed by atoms with Gasteiger partial charge in [-0.2, -0.15) is 0 Å². The molecule has 0 aliphatic carbocycles. The van der Waals surface area contributed by atoms with Crippen molar-refractivity contribution in [2.24, 2.45) is 0 Å². The van der Waals surface area contributed by atoms with E-state index < -0.39 is 0 Å². The van der Waals surface area contributed by atoms with Gasteiger partial charge in [-0.15, -0.1) is 11.8 Å². The highest BCUT2D eigenvalue weighted by atomic mass is 79.9. The zero-order chi connectivity index (χ0) is 14.8. The normalized spacial score (nSPS) is 18.1. The molecule has 1 amide bonds. The number of amides is 1. The maximum absolute atomic E-state index is 12.5. The van der Waals surface area contributed by atoms with Crippen molar-refractivity contribution >= 4 is 33.6 Å². The van der Waals surface area contributed by atoms with Crippen LogP contribution in [0.4, 0.5) is 0 Å². The van der Waals surface area contributed by atoms with E-state index in [1.807, 2.05) is 43.3 Å². The van der Waals surface area contributed by atoms with Crippen molar-refractivity contribution in [3.8, 4) is 0 Å². The largest absolute Gasteiger partial charge is 0.349 e. The van der Waals surface area contributed by atoms with Crippen LogP contribution in [-0.2, 0) is 4.79 Å². The number of hydrogen-bond acceptors (Lipinski definition) is 2. The average Bonchev–Trinajstić information content (AvgIpc) is 2.92. The van der Waals surface area contributed by atoms with E-state index in [9.17, 15) is 4.79 Å². The fraction of sp³-hybridized carbons (Fsp3) is 0.235. The van der Waals surface area contributed by atoms with Gasteiger partial charge in [-0.3, -0.25) is 4.79 Å². The van der Waals surface area contributed by atoms with Crippen molar-refractivity contribution in [2.45, 2.75) is 23.8 Å². The molecule has 1 heterocycles. The van der Waals surface area contributed by atoms with E-state index >= 15 is 0 Å². The number of hydrogen-bond donors (Lipinski definition) is 1. The molecule has 1 N–H and O–H groups in total. The minimum Gasteiger partial charge on any atom is -0.349 e. The van der Waals surface area contributed by atoms with Crippen LogP contribution in [0, 0.1) is 0 Å². The number of nitrogens with one attached hydrogen (secondary N) is 1. The lowest BCUT2D eigenvalue weighted by molar-refractivity contribution is -0.122. The summed E-state index contributed by atoms with van der Waals surface area (Å²) in [4.78, 5) is 13.8. The summed E-state index contributed by atoms with van der Waals surface area (Å²) in [5.41, 5.74) is 2.27. The lowest BCUT2D eigenvalue weighted by Gasteiger charge is -2.18. The predicted molar refractivity (Wildman–Crippen MR) is 90.6 cm³/mol. The molecular weight excluding hydrogens is 346 g/mol. The first-order valence-corrected chi connectivity index (χ1v) is 8.70. The highest BCUT2D eigenvalue weighted by Crippen LogP contribution is 2.39. The number of fused-ring (bicyclic) bond motifs is 1. The fourth-order valence-electron chi connectivity index (χ4n) is 2.53. The monoisotopic (exact) mass is 361 g/mol. The lowest BCUT2D eigenvalue weighted by atomic mass is 9.99. The molecule has 2 aromatic rings. The maximum atomic E-state index is 12.5. The van der Waals surface area contributed by atoms with Gasteiger partial charge in [0.05, 0.1) is 12.0 Å². The summed E-state index contributed by atoms with van der Waals surface area (Å²) < 4.78 is 1.05. The number of thioether (sulfide) groups is 1. The molecule has 3 rings (SSSR count). The van der Waals surface area contributed by atoms with Crippen LogP contribution in [0.1, 0.15) is 30.0 Å². The van der Waals surface area contributed by atoms with Gasteiger partial charge >= 0.3 is 0 Å². The smallest absolute Gasteiger partial charge is 0.228 e. The summed E-state index contributed by atoms with van der Waals surface area (Å²) in [6.07, 6.45) is 0. The summed E-state index contributed by atoms with van der Waals surface area (Å²) >= 11 is 5.19. The van der Waals surface area contributed by atoms with Crippen LogP contribution in [0.5, 0.6) is 0 Å². The molecule has 21 heavy (non-hydrogen) atoms. The Morgan fingerprint density at radius 1 is 1.24 bits per heavy atom. The van der Waals surface area contributed by atoms with E-state index in [2.05, 4.69) is 33.4 Å². The quantitative estimate of drug-likeness (QED) is 0.870. The molecule has 2 atom stereocenters. The van der Waals surface area contributed by atoms with Crippen LogP contribution < -0.4 is 5.32 Å². The molecule has 0 saturated carbocycles. The van der Waals surface area contributed by atoms with E-state index in [1.165, 1.54) is 4.90 Å². The van der Waals surface area contributed by atoms with Gasteiger partial charge < -0.3 is 5.32 Å². The summed E-state index contributed by atoms with van der Waals surface area (Å²) in [6.45, 7) is 2.02. The first-order valence-electron chi connectivity index (χ1n) is 6.92. The molecular formula is C17H16BrNOS. The Labute approximate surface area is 137 Å². The minimum absolute atomic E-state index is 0.0170. The van der Waals surface area contributed by atoms with E-state index in [4.69, 9.17) is 0 Å². The fourth-order valence-corrected chi connectivity index (χ4v) is 4.02. The summed E-state index contributed by atoms with van der Waals surface area (Å²) in [7, 11) is 0. The molecule has 0 bridgehead atoms. The number of carbonyl (C=O) groups excluding carboxylic acids is 1. The van der Waals surface area contributed by atoms with Crippen LogP contribution in [-0.4, -0.2) is 11.7 Å². The maximum Gasteiger partial charge on any atom is 0.228 e. The van der Waals surface area contributed by atoms with Gasteiger partial charge in [0, 0.05) is 15.1 Å². The molecule has 2 aromatic carbocycles. The molecule has 1 aliphatic heterocycles. The number of rotatable bonds is 3. The van der Waals surface area contributed by atoms with Crippen molar-refractivity contribution in [3.63, 3.8) is 0 Å². The second-order valence-corrected chi connectivity index (χ2v) is 7.16. The van der Waals surface area contributed by atoms with Crippen LogP contribution in [0.2, 0.25) is 0 Å². The van der Waals surface area contributed by atoms with Crippen LogP contribution in [0.3, 0.4) is 0 Å². The molecule has 0 aromatic heterocycles. The van der Waals surface area contributed by atoms with Crippen molar-refractivity contribution in [1.82, 2.24) is 5.32 Å². The third kappa shape index (κ3) is 3.16. The molecule has 0 radical (unpaired) electrons. The number of carbonyl (C=O) groups is 1. The SMILES string of the molecule is CC(NC(=O)C1CSc2ccccc21)c1ccc(Br)cc1. The second-order valence-electron chi connectivity index (χ2n) is 5.18. The summed E-state index contributed by atoms with van der Waals surface area (Å²) in [6, 6.07) is 16.3. The zero-order valence-corrected chi connectivity index (χ0v) is 14.1. The number of benzene rings is 2. The highest BCUT2D eigenvalue weighted by molar-refractivity contribution is 9.10. The highest BCUT2D eigenvalue weighted by Gasteiger charge is 2.29. The molecule has 0 saturated heterocycles. The molecule has 108 valence electrons. The van der Waals surface area contributed by atoms with Gasteiger partial charge in [0.1, 0.15) is 0 Å². The van der Waals surface area contributed by atoms with Crippen molar-refractivity contribution < 1.29 is 4.79 Å². The van der Waals surface area contributed by atoms with Gasteiger partial charge in [-0.25, -0.2) is 0 Å². The second kappa shape index (κ2) is 6.24. The Hall–Kier alpha value is -1.26. The van der Waals surface area contributed by atoms with Crippen molar-refractivity contribution in [2.75, 3.05) is 5.75 Å². The first kappa shape index (κ1) is 14.7. The Morgan fingerprint density at radius 2 is 1.95 bits per heavy atom. The van der Waals surface area contributed by atoms with Crippen molar-refractivity contribution in [1.29, 1.82) is 0 Å². The average molecular weight is 362 g/mol. The molecule has 2 nitrogen and oxygen atoms in total. The molecule has 0 fully saturated rings. The van der Waals surface area contributed by atoms with E-state index in [1.54, 1.807) is 11.8 Å². The summed E-state index contributed by atoms with van der Waals surface area (Å²) in [5, 5.41) is 3.13. The summed E-state index contributed by atoms with van der Waals surface area (Å²) in [5.74, 6) is 0.907. The van der Waals surface area contributed by atoms with E-state index in [0.717, 1.165) is 21.4 Å². The van der Waals surface area contributed by atoms with E-state index in [0.29, 0.717) is 0 Å². The standard InChI is InChI=1S/C17H16BrNOS/c1-11(12-6-8-13(18)9-7-12)19-17(20)15-10-21-16-5-3-2-4-14(15)16/h2-9,11,15H,10H2,1H3,(H,19,20). The van der Waals surface area contributed by atoms with Crippen LogP contribution in [0.25, 0.3) is 0 Å². The molecule has 2 unspecified atom stereocenters. The topological polar surface area (TPSA) is 29.1 Å². The zero-order valence-electron chi connectivity index (χ0n) is 11.7. The Bertz CT molecular complexity index is 656. The van der Waals surface area contributed by atoms with E-state index in [-0.39, 0.29) is 17.9 Å². The minimum atomic E-state index is -0.0379. The Balaban J connectivity index is 1.71.